The first kappa shape index (κ1) is 17.3. The Kier molecular flexibility index (Phi) is 5.24. The van der Waals surface area contributed by atoms with E-state index in [1.54, 1.807) is 6.20 Å². The summed E-state index contributed by atoms with van der Waals surface area (Å²) in [5.74, 6) is 0.933. The van der Waals surface area contributed by atoms with Crippen molar-refractivity contribution in [1.82, 2.24) is 9.88 Å². The lowest BCUT2D eigenvalue weighted by Crippen LogP contribution is -2.23. The van der Waals surface area contributed by atoms with Crippen molar-refractivity contribution in [3.63, 3.8) is 0 Å². The number of rotatable bonds is 7. The first-order valence-corrected chi connectivity index (χ1v) is 8.52. The molecule has 2 aromatic rings. The van der Waals surface area contributed by atoms with E-state index in [2.05, 4.69) is 27.0 Å². The van der Waals surface area contributed by atoms with E-state index in [-0.39, 0.29) is 11.7 Å². The predicted molar refractivity (Wildman–Crippen MR) is 99.7 cm³/mol. The average Bonchev–Trinajstić information content (AvgIpc) is 2.95. The molecule has 0 radical (unpaired) electrons. The second kappa shape index (κ2) is 7.57. The minimum Gasteiger partial charge on any atom is -0.383 e. The number of ketones is 1. The molecule has 1 aliphatic heterocycles. The molecule has 0 spiro atoms. The molecule has 1 aliphatic rings. The van der Waals surface area contributed by atoms with Gasteiger partial charge >= 0.3 is 0 Å². The number of fused-ring (bicyclic) bond motifs is 1. The third-order valence-corrected chi connectivity index (χ3v) is 4.45. The van der Waals surface area contributed by atoms with E-state index in [9.17, 15) is 4.79 Å². The lowest BCUT2D eigenvalue weighted by atomic mass is 9.92. The van der Waals surface area contributed by atoms with Gasteiger partial charge in [0.15, 0.2) is 0 Å². The second-order valence-electron chi connectivity index (χ2n) is 6.82. The van der Waals surface area contributed by atoms with Gasteiger partial charge < -0.3 is 10.6 Å². The monoisotopic (exact) mass is 336 g/mol. The molecule has 1 aromatic carbocycles. The Morgan fingerprint density at radius 2 is 2.04 bits per heavy atom. The van der Waals surface area contributed by atoms with E-state index in [1.165, 1.54) is 5.56 Å². The summed E-state index contributed by atoms with van der Waals surface area (Å²) in [6, 6.07) is 12.2. The van der Waals surface area contributed by atoms with Crippen LogP contribution in [0.1, 0.15) is 34.7 Å². The number of nitrogens with zero attached hydrogens (tertiary/aromatic N) is 3. The highest BCUT2D eigenvalue weighted by Crippen LogP contribution is 2.22. The van der Waals surface area contributed by atoms with Crippen molar-refractivity contribution in [1.29, 1.82) is 0 Å². The highest BCUT2D eigenvalue weighted by Gasteiger charge is 2.19. The number of nitrogens with two attached hydrogens (primary N) is 1. The van der Waals surface area contributed by atoms with Gasteiger partial charge in [-0.3, -0.25) is 14.8 Å². The van der Waals surface area contributed by atoms with E-state index < -0.39 is 0 Å². The Bertz CT molecular complexity index is 784. The Morgan fingerprint density at radius 3 is 2.76 bits per heavy atom. The smallest absolute Gasteiger partial charge is 0.139 e. The number of Topliss-reactive ketones (excluding diaryl/α,β-unsaturated/α-hetero) is 1. The molecule has 0 fully saturated rings. The zero-order valence-corrected chi connectivity index (χ0v) is 14.8. The van der Waals surface area contributed by atoms with Gasteiger partial charge in [-0.25, -0.2) is 0 Å². The largest absolute Gasteiger partial charge is 0.383 e. The van der Waals surface area contributed by atoms with Gasteiger partial charge in [0.2, 0.25) is 0 Å². The van der Waals surface area contributed by atoms with Gasteiger partial charge in [0.25, 0.3) is 0 Å². The third kappa shape index (κ3) is 4.31. The molecule has 0 amide bonds. The summed E-state index contributed by atoms with van der Waals surface area (Å²) in [6.07, 6.45) is 2.60. The summed E-state index contributed by atoms with van der Waals surface area (Å²) < 4.78 is 0. The molecule has 5 heteroatoms. The van der Waals surface area contributed by atoms with Crippen molar-refractivity contribution in [2.75, 3.05) is 20.6 Å². The normalized spacial score (nSPS) is 14.3. The van der Waals surface area contributed by atoms with E-state index in [0.717, 1.165) is 23.4 Å². The van der Waals surface area contributed by atoms with Crippen LogP contribution in [-0.4, -0.2) is 42.1 Å². The van der Waals surface area contributed by atoms with Crippen molar-refractivity contribution in [3.8, 4) is 0 Å². The van der Waals surface area contributed by atoms with Crippen LogP contribution in [0.15, 0.2) is 47.6 Å². The maximum Gasteiger partial charge on any atom is 0.139 e. The zero-order valence-electron chi connectivity index (χ0n) is 14.8. The maximum absolute atomic E-state index is 12.6. The predicted octanol–water partition coefficient (Wildman–Crippen LogP) is 2.15. The van der Waals surface area contributed by atoms with Crippen LogP contribution in [-0.2, 0) is 17.8 Å². The number of hydrogen-bond acceptors (Lipinski definition) is 5. The van der Waals surface area contributed by atoms with E-state index >= 15 is 0 Å². The Hall–Kier alpha value is -2.53. The molecule has 25 heavy (non-hydrogen) atoms. The highest BCUT2D eigenvalue weighted by atomic mass is 16.1. The fraction of sp³-hybridized carbons (Fsp3) is 0.350. The number of carbonyl (C=O) groups excluding carboxylic acids is 1. The number of aromatic nitrogens is 1. The van der Waals surface area contributed by atoms with E-state index in [1.807, 2.05) is 38.4 Å². The molecule has 0 bridgehead atoms. The molecule has 1 atom stereocenters. The molecule has 5 nitrogen and oxygen atoms in total. The number of aliphatic imine (C=N–C) groups is 1. The molecule has 2 N–H and O–H groups in total. The first-order valence-electron chi connectivity index (χ1n) is 8.52. The SMILES string of the molecule is CN(C)C[C@H](CC(=O)Cc1cc2c(cn1)C(N)=NC2)c1ccccc1. The van der Waals surface area contributed by atoms with Crippen molar-refractivity contribution < 1.29 is 4.79 Å². The Balaban J connectivity index is 1.68. The van der Waals surface area contributed by atoms with Crippen molar-refractivity contribution in [2.24, 2.45) is 10.7 Å². The molecule has 0 aliphatic carbocycles. The van der Waals surface area contributed by atoms with Crippen LogP contribution in [0.3, 0.4) is 0 Å². The molecule has 0 unspecified atom stereocenters. The zero-order chi connectivity index (χ0) is 17.8. The van der Waals surface area contributed by atoms with Crippen LogP contribution < -0.4 is 5.73 Å². The summed E-state index contributed by atoms with van der Waals surface area (Å²) in [6.45, 7) is 1.43. The average molecular weight is 336 g/mol. The molecule has 0 saturated carbocycles. The van der Waals surface area contributed by atoms with Crippen molar-refractivity contribution in [3.05, 3.63) is 65.0 Å². The maximum atomic E-state index is 12.6. The van der Waals surface area contributed by atoms with Gasteiger partial charge in [-0.2, -0.15) is 0 Å². The highest BCUT2D eigenvalue weighted by molar-refractivity contribution is 6.00. The summed E-state index contributed by atoms with van der Waals surface area (Å²) >= 11 is 0. The van der Waals surface area contributed by atoms with Gasteiger partial charge in [0.05, 0.1) is 6.54 Å². The Labute approximate surface area is 148 Å². The molecule has 3 rings (SSSR count). The first-order chi connectivity index (χ1) is 12.0. The number of hydrogen-bond donors (Lipinski definition) is 1. The third-order valence-electron chi connectivity index (χ3n) is 4.45. The van der Waals surface area contributed by atoms with Gasteiger partial charge in [0.1, 0.15) is 11.6 Å². The Morgan fingerprint density at radius 1 is 1.28 bits per heavy atom. The van der Waals surface area contributed by atoms with Crippen LogP contribution in [0.5, 0.6) is 0 Å². The summed E-state index contributed by atoms with van der Waals surface area (Å²) in [5.41, 5.74) is 9.76. The molecule has 130 valence electrons. The van der Waals surface area contributed by atoms with Gasteiger partial charge in [-0.05, 0) is 31.3 Å². The van der Waals surface area contributed by atoms with Crippen molar-refractivity contribution in [2.45, 2.75) is 25.3 Å². The second-order valence-corrected chi connectivity index (χ2v) is 6.82. The number of carbonyl (C=O) groups is 1. The topological polar surface area (TPSA) is 71.6 Å². The number of benzene rings is 1. The summed E-state index contributed by atoms with van der Waals surface area (Å²) in [4.78, 5) is 23.4. The fourth-order valence-corrected chi connectivity index (χ4v) is 3.26. The standard InChI is InChI=1S/C20H24N4O/c1-24(2)13-16(14-6-4-3-5-7-14)9-18(25)10-17-8-15-11-23-20(21)19(15)12-22-17/h3-8,12,16H,9-11,13H2,1-2H3,(H2,21,23)/t16-/m0/s1. The van der Waals surface area contributed by atoms with Crippen LogP contribution in [0, 0.1) is 0 Å². The molecule has 2 heterocycles. The van der Waals surface area contributed by atoms with Gasteiger partial charge in [-0.1, -0.05) is 30.3 Å². The van der Waals surface area contributed by atoms with Crippen LogP contribution >= 0.6 is 0 Å². The quantitative estimate of drug-likeness (QED) is 0.841. The lowest BCUT2D eigenvalue weighted by Gasteiger charge is -2.21. The lowest BCUT2D eigenvalue weighted by molar-refractivity contribution is -0.118. The van der Waals surface area contributed by atoms with E-state index in [4.69, 9.17) is 5.73 Å². The van der Waals surface area contributed by atoms with Crippen LogP contribution in [0.25, 0.3) is 0 Å². The molecular formula is C20H24N4O. The molecule has 0 saturated heterocycles. The molecule has 1 aromatic heterocycles. The molecular weight excluding hydrogens is 312 g/mol. The number of pyridine rings is 1. The van der Waals surface area contributed by atoms with Gasteiger partial charge in [0, 0.05) is 42.8 Å². The van der Waals surface area contributed by atoms with Crippen LogP contribution in [0.4, 0.5) is 0 Å². The number of likely N-dealkylation sites (N-methyl/N-ethyl adjacent to an activating group) is 1. The van der Waals surface area contributed by atoms with E-state index in [0.29, 0.717) is 25.2 Å². The fourth-order valence-electron chi connectivity index (χ4n) is 3.26. The van der Waals surface area contributed by atoms with Gasteiger partial charge in [-0.15, -0.1) is 0 Å². The van der Waals surface area contributed by atoms with Crippen molar-refractivity contribution >= 4 is 11.6 Å². The van der Waals surface area contributed by atoms with Crippen LogP contribution in [0.2, 0.25) is 0 Å². The minimum atomic E-state index is 0.192. The number of amidine groups is 1. The summed E-state index contributed by atoms with van der Waals surface area (Å²) in [5, 5.41) is 0. The summed E-state index contributed by atoms with van der Waals surface area (Å²) in [7, 11) is 4.07. The minimum absolute atomic E-state index is 0.192.